The largest absolute Gasteiger partial charge is 0.325 e. The maximum atomic E-state index is 12.6. The lowest BCUT2D eigenvalue weighted by Crippen LogP contribution is -2.37. The van der Waals surface area contributed by atoms with Gasteiger partial charge in [-0.25, -0.2) is 9.98 Å². The summed E-state index contributed by atoms with van der Waals surface area (Å²) in [4.78, 5) is 37.8. The molecule has 0 saturated carbocycles. The second kappa shape index (κ2) is 6.64. The van der Waals surface area contributed by atoms with Gasteiger partial charge in [0.2, 0.25) is 0 Å². The van der Waals surface area contributed by atoms with E-state index in [-0.39, 0.29) is 17.5 Å². The highest BCUT2D eigenvalue weighted by molar-refractivity contribution is 6.14. The first kappa shape index (κ1) is 16.7. The molecule has 3 aliphatic rings. The molecule has 138 valence electrons. The van der Waals surface area contributed by atoms with E-state index in [2.05, 4.69) is 20.3 Å². The Hall–Kier alpha value is -3.41. The van der Waals surface area contributed by atoms with Crippen LogP contribution in [0, 0.1) is 5.92 Å². The van der Waals surface area contributed by atoms with E-state index in [9.17, 15) is 9.59 Å². The molecule has 0 spiro atoms. The SMILES string of the molecule is O=C1NC2=CC(=NC(=O)c3cnc4ccccc4n3)C=CC2C2=C1CCCC2. The third kappa shape index (κ3) is 2.87. The molecule has 2 aromatic rings. The molecule has 1 atom stereocenters. The predicted octanol–water partition coefficient (Wildman–Crippen LogP) is 3.28. The average Bonchev–Trinajstić information content (AvgIpc) is 2.73. The first-order valence-electron chi connectivity index (χ1n) is 9.47. The highest BCUT2D eigenvalue weighted by Crippen LogP contribution is 2.38. The lowest BCUT2D eigenvalue weighted by atomic mass is 9.77. The monoisotopic (exact) mass is 370 g/mol. The Bertz CT molecular complexity index is 1140. The number of carbonyl (C=O) groups excluding carboxylic acids is 2. The summed E-state index contributed by atoms with van der Waals surface area (Å²) in [5, 5.41) is 2.98. The maximum Gasteiger partial charge on any atom is 0.297 e. The topological polar surface area (TPSA) is 84.3 Å². The van der Waals surface area contributed by atoms with E-state index < -0.39 is 5.91 Å². The first-order chi connectivity index (χ1) is 13.7. The fraction of sp³-hybridized carbons (Fsp3) is 0.227. The number of para-hydroxylation sites is 2. The number of aliphatic imine (C=N–C) groups is 1. The quantitative estimate of drug-likeness (QED) is 0.835. The van der Waals surface area contributed by atoms with Crippen molar-refractivity contribution >= 4 is 28.6 Å². The van der Waals surface area contributed by atoms with E-state index in [0.717, 1.165) is 42.5 Å². The number of rotatable bonds is 1. The molecule has 5 rings (SSSR count). The van der Waals surface area contributed by atoms with Crippen LogP contribution in [0.15, 0.2) is 70.5 Å². The summed E-state index contributed by atoms with van der Waals surface area (Å²) >= 11 is 0. The minimum atomic E-state index is -0.451. The molecule has 1 aromatic carbocycles. The number of amides is 2. The van der Waals surface area contributed by atoms with Gasteiger partial charge in [0.1, 0.15) is 5.69 Å². The van der Waals surface area contributed by atoms with Crippen molar-refractivity contribution < 1.29 is 9.59 Å². The summed E-state index contributed by atoms with van der Waals surface area (Å²) in [6, 6.07) is 7.38. The number of fused-ring (bicyclic) bond motifs is 3. The van der Waals surface area contributed by atoms with E-state index in [1.165, 1.54) is 11.8 Å². The Labute approximate surface area is 161 Å². The molecular formula is C22H18N4O2. The van der Waals surface area contributed by atoms with Crippen molar-refractivity contribution in [3.05, 3.63) is 71.2 Å². The van der Waals surface area contributed by atoms with Gasteiger partial charge in [-0.15, -0.1) is 0 Å². The molecule has 0 saturated heterocycles. The van der Waals surface area contributed by atoms with Crippen LogP contribution in [0.3, 0.4) is 0 Å². The van der Waals surface area contributed by atoms with E-state index >= 15 is 0 Å². The molecule has 0 bridgehead atoms. The maximum absolute atomic E-state index is 12.6. The van der Waals surface area contributed by atoms with Crippen LogP contribution >= 0.6 is 0 Å². The predicted molar refractivity (Wildman–Crippen MR) is 106 cm³/mol. The molecule has 0 radical (unpaired) electrons. The minimum absolute atomic E-state index is 0.0152. The first-order valence-corrected chi connectivity index (χ1v) is 9.47. The van der Waals surface area contributed by atoms with Gasteiger partial charge in [0.05, 0.1) is 22.9 Å². The number of hydrogen-bond donors (Lipinski definition) is 1. The van der Waals surface area contributed by atoms with Gasteiger partial charge in [0, 0.05) is 17.2 Å². The highest BCUT2D eigenvalue weighted by Gasteiger charge is 2.33. The van der Waals surface area contributed by atoms with Crippen LogP contribution in [0.1, 0.15) is 36.2 Å². The number of hydrogen-bond acceptors (Lipinski definition) is 4. The average molecular weight is 370 g/mol. The molecule has 1 aliphatic heterocycles. The summed E-state index contributed by atoms with van der Waals surface area (Å²) < 4.78 is 0. The third-order valence-corrected chi connectivity index (χ3v) is 5.41. The minimum Gasteiger partial charge on any atom is -0.325 e. The fourth-order valence-corrected chi connectivity index (χ4v) is 4.06. The van der Waals surface area contributed by atoms with Crippen molar-refractivity contribution in [2.45, 2.75) is 25.7 Å². The number of nitrogens with zero attached hydrogens (tertiary/aromatic N) is 3. The molecular weight excluding hydrogens is 352 g/mol. The molecule has 2 amide bonds. The second-order valence-electron chi connectivity index (χ2n) is 7.19. The van der Waals surface area contributed by atoms with Crippen LogP contribution < -0.4 is 5.32 Å². The summed E-state index contributed by atoms with van der Waals surface area (Å²) in [7, 11) is 0. The molecule has 0 fully saturated rings. The zero-order valence-corrected chi connectivity index (χ0v) is 15.2. The van der Waals surface area contributed by atoms with Crippen molar-refractivity contribution in [1.82, 2.24) is 15.3 Å². The summed E-state index contributed by atoms with van der Waals surface area (Å²) in [6.45, 7) is 0. The molecule has 6 heteroatoms. The molecule has 28 heavy (non-hydrogen) atoms. The molecule has 1 unspecified atom stereocenters. The van der Waals surface area contributed by atoms with Gasteiger partial charge in [-0.3, -0.25) is 14.6 Å². The van der Waals surface area contributed by atoms with Crippen LogP contribution in [-0.2, 0) is 4.79 Å². The zero-order valence-electron chi connectivity index (χ0n) is 15.2. The number of benzene rings is 1. The van der Waals surface area contributed by atoms with Gasteiger partial charge in [0.25, 0.3) is 11.8 Å². The second-order valence-corrected chi connectivity index (χ2v) is 7.19. The van der Waals surface area contributed by atoms with Gasteiger partial charge in [-0.05, 0) is 55.5 Å². The van der Waals surface area contributed by atoms with Crippen molar-refractivity contribution in [3.63, 3.8) is 0 Å². The van der Waals surface area contributed by atoms with Crippen LogP contribution in [0.4, 0.5) is 0 Å². The van der Waals surface area contributed by atoms with E-state index in [1.54, 1.807) is 6.08 Å². The Morgan fingerprint density at radius 1 is 1.14 bits per heavy atom. The normalized spacial score (nSPS) is 22.6. The van der Waals surface area contributed by atoms with Crippen LogP contribution in [0.5, 0.6) is 0 Å². The van der Waals surface area contributed by atoms with Gasteiger partial charge < -0.3 is 5.32 Å². The molecule has 2 aliphatic carbocycles. The molecule has 1 N–H and O–H groups in total. The number of aromatic nitrogens is 2. The lowest BCUT2D eigenvalue weighted by molar-refractivity contribution is -0.117. The smallest absolute Gasteiger partial charge is 0.297 e. The van der Waals surface area contributed by atoms with E-state index in [0.29, 0.717) is 11.2 Å². The van der Waals surface area contributed by atoms with Crippen LogP contribution in [0.2, 0.25) is 0 Å². The van der Waals surface area contributed by atoms with Gasteiger partial charge in [0.15, 0.2) is 0 Å². The van der Waals surface area contributed by atoms with E-state index in [4.69, 9.17) is 0 Å². The zero-order chi connectivity index (χ0) is 19.1. The van der Waals surface area contributed by atoms with Gasteiger partial charge in [-0.1, -0.05) is 18.2 Å². The van der Waals surface area contributed by atoms with Crippen molar-refractivity contribution in [2.24, 2.45) is 10.9 Å². The van der Waals surface area contributed by atoms with Crippen molar-refractivity contribution in [1.29, 1.82) is 0 Å². The molecule has 2 heterocycles. The third-order valence-electron chi connectivity index (χ3n) is 5.41. The summed E-state index contributed by atoms with van der Waals surface area (Å²) in [6.07, 6.45) is 11.1. The number of allylic oxidation sites excluding steroid dienone is 3. The lowest BCUT2D eigenvalue weighted by Gasteiger charge is -2.33. The highest BCUT2D eigenvalue weighted by atomic mass is 16.2. The Morgan fingerprint density at radius 3 is 2.86 bits per heavy atom. The Balaban J connectivity index is 1.44. The fourth-order valence-electron chi connectivity index (χ4n) is 4.06. The van der Waals surface area contributed by atoms with Gasteiger partial charge in [-0.2, -0.15) is 0 Å². The van der Waals surface area contributed by atoms with Crippen LogP contribution in [-0.4, -0.2) is 27.5 Å². The van der Waals surface area contributed by atoms with E-state index in [1.807, 2.05) is 36.4 Å². The van der Waals surface area contributed by atoms with Crippen molar-refractivity contribution in [3.8, 4) is 0 Å². The Kier molecular flexibility index (Phi) is 3.97. The van der Waals surface area contributed by atoms with Crippen molar-refractivity contribution in [2.75, 3.05) is 0 Å². The standard InChI is InChI=1S/C22H18N4O2/c27-21-16-6-2-1-5-14(16)15-10-9-13(11-19(15)26-21)24-22(28)20-12-23-17-7-3-4-8-18(17)25-20/h3-4,7-12,15H,1-2,5-6H2,(H,26,27). The summed E-state index contributed by atoms with van der Waals surface area (Å²) in [5.74, 6) is -0.381. The number of nitrogens with one attached hydrogen (secondary N) is 1. The van der Waals surface area contributed by atoms with Gasteiger partial charge >= 0.3 is 0 Å². The molecule has 1 aromatic heterocycles. The molecule has 6 nitrogen and oxygen atoms in total. The Morgan fingerprint density at radius 2 is 1.96 bits per heavy atom. The summed E-state index contributed by atoms with van der Waals surface area (Å²) in [5.41, 5.74) is 5.03. The number of carbonyl (C=O) groups is 2. The van der Waals surface area contributed by atoms with Crippen LogP contribution in [0.25, 0.3) is 11.0 Å².